The molecular formula is C12H20. The summed E-state index contributed by atoms with van der Waals surface area (Å²) in [5, 5.41) is 0. The van der Waals surface area contributed by atoms with Crippen LogP contribution in [0.3, 0.4) is 0 Å². The van der Waals surface area contributed by atoms with E-state index in [9.17, 15) is 0 Å². The second-order valence-electron chi connectivity index (χ2n) is 3.60. The van der Waals surface area contributed by atoms with Gasteiger partial charge < -0.3 is 0 Å². The molecule has 0 bridgehead atoms. The number of unbranched alkanes of at least 4 members (excludes halogenated alkanes) is 3. The first-order valence-electron chi connectivity index (χ1n) is 5.28. The van der Waals surface area contributed by atoms with Gasteiger partial charge in [-0.25, -0.2) is 0 Å². The van der Waals surface area contributed by atoms with E-state index in [0.717, 1.165) is 0 Å². The zero-order valence-corrected chi connectivity index (χ0v) is 8.18. The van der Waals surface area contributed by atoms with Gasteiger partial charge in [-0.05, 0) is 25.7 Å². The van der Waals surface area contributed by atoms with Crippen LogP contribution < -0.4 is 0 Å². The minimum absolute atomic E-state index is 1.26. The third-order valence-corrected chi connectivity index (χ3v) is 2.45. The first kappa shape index (κ1) is 9.57. The Balaban J connectivity index is 2.06. The Morgan fingerprint density at radius 1 is 1.25 bits per heavy atom. The molecule has 0 saturated carbocycles. The molecule has 1 rings (SSSR count). The lowest BCUT2D eigenvalue weighted by atomic mass is 9.99. The van der Waals surface area contributed by atoms with E-state index < -0.39 is 0 Å². The van der Waals surface area contributed by atoms with Crippen molar-refractivity contribution >= 4 is 0 Å². The van der Waals surface area contributed by atoms with Crippen molar-refractivity contribution < 1.29 is 0 Å². The van der Waals surface area contributed by atoms with Crippen molar-refractivity contribution in [2.75, 3.05) is 0 Å². The molecule has 0 aromatic rings. The largest absolute Gasteiger partial charge is 0.0842 e. The molecule has 0 nitrogen and oxygen atoms in total. The fourth-order valence-electron chi connectivity index (χ4n) is 1.64. The second kappa shape index (κ2) is 6.05. The van der Waals surface area contributed by atoms with E-state index in [0.29, 0.717) is 0 Å². The van der Waals surface area contributed by atoms with Gasteiger partial charge in [0.15, 0.2) is 0 Å². The molecule has 0 saturated heterocycles. The topological polar surface area (TPSA) is 0 Å². The summed E-state index contributed by atoms with van der Waals surface area (Å²) >= 11 is 0. The molecule has 0 heteroatoms. The van der Waals surface area contributed by atoms with Crippen LogP contribution in [-0.2, 0) is 0 Å². The number of rotatable bonds is 5. The molecule has 0 radical (unpaired) electrons. The van der Waals surface area contributed by atoms with E-state index in [1.807, 2.05) is 0 Å². The van der Waals surface area contributed by atoms with Crippen LogP contribution in [0.1, 0.15) is 51.9 Å². The summed E-state index contributed by atoms with van der Waals surface area (Å²) in [6, 6.07) is 0. The van der Waals surface area contributed by atoms with Crippen LogP contribution in [0.4, 0.5) is 0 Å². The minimum atomic E-state index is 1.26. The average molecular weight is 164 g/mol. The SMILES string of the molecule is CCCCCCC1=CC=CCC1. The van der Waals surface area contributed by atoms with Crippen LogP contribution in [0.15, 0.2) is 23.8 Å². The Hall–Kier alpha value is -0.520. The Kier molecular flexibility index (Phi) is 4.82. The zero-order chi connectivity index (χ0) is 8.65. The first-order chi connectivity index (χ1) is 5.93. The number of allylic oxidation sites excluding steroid dienone is 4. The van der Waals surface area contributed by atoms with E-state index in [-0.39, 0.29) is 0 Å². The molecule has 0 amide bonds. The fraction of sp³-hybridized carbons (Fsp3) is 0.667. The molecule has 0 N–H and O–H groups in total. The van der Waals surface area contributed by atoms with Crippen LogP contribution in [0, 0.1) is 0 Å². The van der Waals surface area contributed by atoms with Crippen LogP contribution in [0.5, 0.6) is 0 Å². The minimum Gasteiger partial charge on any atom is -0.0842 e. The Morgan fingerprint density at radius 2 is 2.17 bits per heavy atom. The van der Waals surface area contributed by atoms with Gasteiger partial charge in [-0.1, -0.05) is 50.0 Å². The molecule has 1 aliphatic carbocycles. The summed E-state index contributed by atoms with van der Waals surface area (Å²) in [5.74, 6) is 0. The quantitative estimate of drug-likeness (QED) is 0.533. The number of hydrogen-bond acceptors (Lipinski definition) is 0. The van der Waals surface area contributed by atoms with E-state index in [4.69, 9.17) is 0 Å². The van der Waals surface area contributed by atoms with Gasteiger partial charge in [0.2, 0.25) is 0 Å². The molecule has 0 fully saturated rings. The molecule has 0 aromatic heterocycles. The highest BCUT2D eigenvalue weighted by atomic mass is 14.0. The predicted octanol–water partition coefficient (Wildman–Crippen LogP) is 4.23. The van der Waals surface area contributed by atoms with Crippen molar-refractivity contribution in [3.63, 3.8) is 0 Å². The van der Waals surface area contributed by atoms with Gasteiger partial charge in [0.25, 0.3) is 0 Å². The van der Waals surface area contributed by atoms with Crippen molar-refractivity contribution in [1.29, 1.82) is 0 Å². The Bertz CT molecular complexity index is 163. The predicted molar refractivity (Wildman–Crippen MR) is 55.2 cm³/mol. The van der Waals surface area contributed by atoms with Crippen LogP contribution in [-0.4, -0.2) is 0 Å². The van der Waals surface area contributed by atoms with Crippen molar-refractivity contribution in [3.8, 4) is 0 Å². The van der Waals surface area contributed by atoms with Gasteiger partial charge in [-0.15, -0.1) is 0 Å². The van der Waals surface area contributed by atoms with Gasteiger partial charge in [-0.3, -0.25) is 0 Å². The molecule has 12 heavy (non-hydrogen) atoms. The van der Waals surface area contributed by atoms with Crippen LogP contribution >= 0.6 is 0 Å². The number of hydrogen-bond donors (Lipinski definition) is 0. The van der Waals surface area contributed by atoms with Gasteiger partial charge in [0.1, 0.15) is 0 Å². The Morgan fingerprint density at radius 3 is 2.83 bits per heavy atom. The van der Waals surface area contributed by atoms with E-state index >= 15 is 0 Å². The zero-order valence-electron chi connectivity index (χ0n) is 8.18. The van der Waals surface area contributed by atoms with Crippen molar-refractivity contribution in [2.24, 2.45) is 0 Å². The summed E-state index contributed by atoms with van der Waals surface area (Å²) in [6.45, 7) is 2.27. The fourth-order valence-corrected chi connectivity index (χ4v) is 1.64. The molecule has 0 unspecified atom stereocenters. The maximum atomic E-state index is 2.30. The Labute approximate surface area is 76.4 Å². The summed E-state index contributed by atoms with van der Waals surface area (Å²) in [6.07, 6.45) is 16.2. The maximum Gasteiger partial charge on any atom is -0.0282 e. The molecule has 0 spiro atoms. The van der Waals surface area contributed by atoms with Crippen LogP contribution in [0.25, 0.3) is 0 Å². The lowest BCUT2D eigenvalue weighted by Crippen LogP contribution is -1.87. The second-order valence-corrected chi connectivity index (χ2v) is 3.60. The normalized spacial score (nSPS) is 16.2. The highest BCUT2D eigenvalue weighted by molar-refractivity contribution is 5.17. The van der Waals surface area contributed by atoms with E-state index in [1.165, 1.54) is 44.9 Å². The molecule has 1 aliphatic rings. The first-order valence-corrected chi connectivity index (χ1v) is 5.28. The lowest BCUT2D eigenvalue weighted by Gasteiger charge is -2.07. The average Bonchev–Trinajstić information content (AvgIpc) is 2.14. The molecule has 0 heterocycles. The van der Waals surface area contributed by atoms with Crippen molar-refractivity contribution in [1.82, 2.24) is 0 Å². The molecule has 0 atom stereocenters. The molecule has 68 valence electrons. The highest BCUT2D eigenvalue weighted by Gasteiger charge is 1.98. The van der Waals surface area contributed by atoms with Gasteiger partial charge in [0, 0.05) is 0 Å². The third kappa shape index (κ3) is 3.75. The molecule has 0 aliphatic heterocycles. The van der Waals surface area contributed by atoms with Crippen molar-refractivity contribution in [2.45, 2.75) is 51.9 Å². The lowest BCUT2D eigenvalue weighted by molar-refractivity contribution is 0.653. The highest BCUT2D eigenvalue weighted by Crippen LogP contribution is 2.18. The summed E-state index contributed by atoms with van der Waals surface area (Å²) in [5.41, 5.74) is 1.66. The third-order valence-electron chi connectivity index (χ3n) is 2.45. The summed E-state index contributed by atoms with van der Waals surface area (Å²) in [4.78, 5) is 0. The maximum absolute atomic E-state index is 2.30. The van der Waals surface area contributed by atoms with Gasteiger partial charge in [-0.2, -0.15) is 0 Å². The van der Waals surface area contributed by atoms with Crippen molar-refractivity contribution in [3.05, 3.63) is 23.8 Å². The van der Waals surface area contributed by atoms with Crippen LogP contribution in [0.2, 0.25) is 0 Å². The molecule has 0 aromatic carbocycles. The monoisotopic (exact) mass is 164 g/mol. The molecular weight excluding hydrogens is 144 g/mol. The standard InChI is InChI=1S/C12H20/c1-2-3-4-6-9-12-10-7-5-8-11-12/h5,7,10H,2-4,6,8-9,11H2,1H3. The summed E-state index contributed by atoms with van der Waals surface area (Å²) < 4.78 is 0. The smallest absolute Gasteiger partial charge is 0.0282 e. The summed E-state index contributed by atoms with van der Waals surface area (Å²) in [7, 11) is 0. The van der Waals surface area contributed by atoms with Gasteiger partial charge in [0.05, 0.1) is 0 Å². The van der Waals surface area contributed by atoms with E-state index in [2.05, 4.69) is 25.2 Å². The van der Waals surface area contributed by atoms with Gasteiger partial charge >= 0.3 is 0 Å². The van der Waals surface area contributed by atoms with E-state index in [1.54, 1.807) is 5.57 Å².